The van der Waals surface area contributed by atoms with Crippen molar-refractivity contribution in [3.05, 3.63) is 29.2 Å². The molecule has 1 saturated heterocycles. The second-order valence-corrected chi connectivity index (χ2v) is 10.6. The molecule has 3 aromatic heterocycles. The van der Waals surface area contributed by atoms with Gasteiger partial charge in [-0.15, -0.1) is 38.4 Å². The van der Waals surface area contributed by atoms with Gasteiger partial charge in [0.15, 0.2) is 10.8 Å². The van der Waals surface area contributed by atoms with Crippen LogP contribution in [0.2, 0.25) is 0 Å². The van der Waals surface area contributed by atoms with Crippen LogP contribution in [0.3, 0.4) is 0 Å². The summed E-state index contributed by atoms with van der Waals surface area (Å²) in [6.07, 6.45) is 0. The predicted molar refractivity (Wildman–Crippen MR) is 133 cm³/mol. The highest BCUT2D eigenvalue weighted by Gasteiger charge is 2.54. The Morgan fingerprint density at radius 1 is 1.31 bits per heavy atom. The number of aliphatic carboxylic acids is 2. The standard InChI is InChI=1S/C18H15N11O7S3/c19-18-21-13(25-39-18)10(24-36-3-9(30)31)14(32)20-11-15(33)28-12(17(34)35)6(5-38-16(11)28)4-37-8-2-1-7-22-26-27-29(7)23-8/h1-2,11,16H,3-5H2,(H,20,32)(H,30,31)(H,34,35)(H2,19,21,25)/b24-10-/t11?,16-/m1/s1. The highest BCUT2D eigenvalue weighted by atomic mass is 32.2. The molecule has 39 heavy (non-hydrogen) atoms. The van der Waals surface area contributed by atoms with Gasteiger partial charge >= 0.3 is 11.9 Å². The van der Waals surface area contributed by atoms with Crippen LogP contribution in [-0.4, -0.2) is 109 Å². The Hall–Kier alpha value is -4.37. The fourth-order valence-electron chi connectivity index (χ4n) is 3.54. The molecule has 21 heteroatoms. The van der Waals surface area contributed by atoms with Crippen LogP contribution in [0.4, 0.5) is 5.13 Å². The number of amides is 2. The van der Waals surface area contributed by atoms with Crippen molar-refractivity contribution in [1.29, 1.82) is 0 Å². The van der Waals surface area contributed by atoms with Crippen molar-refractivity contribution in [3.8, 4) is 0 Å². The highest BCUT2D eigenvalue weighted by Crippen LogP contribution is 2.41. The van der Waals surface area contributed by atoms with Gasteiger partial charge in [0.05, 0.1) is 0 Å². The first-order valence-electron chi connectivity index (χ1n) is 10.6. The number of fused-ring (bicyclic) bond motifs is 2. The lowest BCUT2D eigenvalue weighted by molar-refractivity contribution is -0.150. The number of nitrogens with one attached hydrogen (secondary N) is 1. The second kappa shape index (κ2) is 10.8. The minimum absolute atomic E-state index is 0.0205. The van der Waals surface area contributed by atoms with E-state index in [0.29, 0.717) is 16.2 Å². The number of tetrazole rings is 1. The Balaban J connectivity index is 1.30. The van der Waals surface area contributed by atoms with Gasteiger partial charge in [0.2, 0.25) is 18.1 Å². The fourth-order valence-corrected chi connectivity index (χ4v) is 6.31. The minimum Gasteiger partial charge on any atom is -0.479 e. The van der Waals surface area contributed by atoms with Gasteiger partial charge < -0.3 is 26.1 Å². The molecule has 0 spiro atoms. The van der Waals surface area contributed by atoms with Crippen LogP contribution in [-0.2, 0) is 24.0 Å². The lowest BCUT2D eigenvalue weighted by Gasteiger charge is -2.49. The molecule has 3 aromatic rings. The van der Waals surface area contributed by atoms with Crippen LogP contribution < -0.4 is 11.1 Å². The lowest BCUT2D eigenvalue weighted by atomic mass is 10.0. The van der Waals surface area contributed by atoms with Crippen LogP contribution in [0.5, 0.6) is 0 Å². The molecule has 2 amide bonds. The molecule has 2 aliphatic heterocycles. The summed E-state index contributed by atoms with van der Waals surface area (Å²) in [5, 5.41) is 39.8. The van der Waals surface area contributed by atoms with Crippen LogP contribution in [0, 0.1) is 0 Å². The second-order valence-electron chi connectivity index (χ2n) is 7.67. The Bertz CT molecular complexity index is 1550. The van der Waals surface area contributed by atoms with Crippen molar-refractivity contribution in [2.24, 2.45) is 5.16 Å². The van der Waals surface area contributed by atoms with Crippen LogP contribution >= 0.6 is 35.1 Å². The Morgan fingerprint density at radius 3 is 2.85 bits per heavy atom. The number of oxime groups is 1. The van der Waals surface area contributed by atoms with Crippen LogP contribution in [0.15, 0.2) is 33.6 Å². The average molecular weight is 594 g/mol. The summed E-state index contributed by atoms with van der Waals surface area (Å²) in [6.45, 7) is -0.836. The van der Waals surface area contributed by atoms with E-state index in [1.165, 1.54) is 28.2 Å². The zero-order valence-corrected chi connectivity index (χ0v) is 21.6. The number of β-lactam (4-membered cyclic amide) rings is 1. The van der Waals surface area contributed by atoms with Gasteiger partial charge in [0, 0.05) is 23.0 Å². The molecule has 0 aromatic carbocycles. The van der Waals surface area contributed by atoms with E-state index in [9.17, 15) is 24.3 Å². The molecule has 202 valence electrons. The number of carboxylic acids is 2. The summed E-state index contributed by atoms with van der Waals surface area (Å²) in [4.78, 5) is 58.5. The first kappa shape index (κ1) is 26.2. The molecule has 1 unspecified atom stereocenters. The van der Waals surface area contributed by atoms with Crippen LogP contribution in [0.1, 0.15) is 5.82 Å². The quantitative estimate of drug-likeness (QED) is 0.0883. The molecule has 0 aliphatic carbocycles. The van der Waals surface area contributed by atoms with Crippen molar-refractivity contribution >= 4 is 75.3 Å². The first-order chi connectivity index (χ1) is 18.7. The van der Waals surface area contributed by atoms with Gasteiger partial charge in [-0.2, -0.15) is 9.36 Å². The van der Waals surface area contributed by atoms with Crippen LogP contribution in [0.25, 0.3) is 5.65 Å². The third-order valence-electron chi connectivity index (χ3n) is 5.19. The highest BCUT2D eigenvalue weighted by molar-refractivity contribution is 8.01. The van der Waals surface area contributed by atoms with Crippen molar-refractivity contribution in [1.82, 2.24) is 44.8 Å². The Labute approximate surface area is 228 Å². The number of nitrogens with zero attached hydrogens (tertiary/aromatic N) is 9. The smallest absolute Gasteiger partial charge is 0.352 e. The monoisotopic (exact) mass is 593 g/mol. The molecule has 2 aliphatic rings. The summed E-state index contributed by atoms with van der Waals surface area (Å²) in [5.74, 6) is -3.91. The van der Waals surface area contributed by atoms with E-state index >= 15 is 0 Å². The van der Waals surface area contributed by atoms with E-state index in [0.717, 1.165) is 16.4 Å². The zero-order valence-electron chi connectivity index (χ0n) is 19.2. The SMILES string of the molecule is Nc1nc(/C(=N/OCC(=O)O)C(=O)NC2C(=O)N3C(C(=O)O)=C(CSc4ccc5nnnn5n4)CS[C@H]23)ns1. The number of nitrogen functional groups attached to an aromatic ring is 1. The van der Waals surface area contributed by atoms with E-state index in [2.05, 4.69) is 45.3 Å². The lowest BCUT2D eigenvalue weighted by Crippen LogP contribution is -2.71. The third-order valence-corrected chi connectivity index (χ3v) is 8.08. The zero-order chi connectivity index (χ0) is 27.7. The van der Waals surface area contributed by atoms with Gasteiger partial charge in [0.25, 0.3) is 11.8 Å². The predicted octanol–water partition coefficient (Wildman–Crippen LogP) is -1.71. The number of carbonyl (C=O) groups excluding carboxylic acids is 2. The maximum atomic E-state index is 13.0. The molecule has 5 heterocycles. The number of rotatable bonds is 10. The minimum atomic E-state index is -1.33. The molecule has 2 atom stereocenters. The van der Waals surface area contributed by atoms with Crippen molar-refractivity contribution in [2.45, 2.75) is 16.4 Å². The molecule has 0 radical (unpaired) electrons. The molecule has 1 fully saturated rings. The van der Waals surface area contributed by atoms with Gasteiger partial charge in [-0.25, -0.2) is 9.59 Å². The van der Waals surface area contributed by atoms with E-state index in [1.807, 2.05) is 0 Å². The van der Waals surface area contributed by atoms with Crippen molar-refractivity contribution in [2.75, 3.05) is 23.8 Å². The fraction of sp³-hybridized carbons (Fsp3) is 0.278. The molecule has 5 N–H and O–H groups in total. The summed E-state index contributed by atoms with van der Waals surface area (Å²) in [5.41, 5.74) is 5.85. The maximum Gasteiger partial charge on any atom is 0.352 e. The summed E-state index contributed by atoms with van der Waals surface area (Å²) >= 11 is 3.29. The summed E-state index contributed by atoms with van der Waals surface area (Å²) in [6, 6.07) is 2.27. The first-order valence-corrected chi connectivity index (χ1v) is 13.4. The van der Waals surface area contributed by atoms with E-state index in [1.54, 1.807) is 12.1 Å². The van der Waals surface area contributed by atoms with Crippen molar-refractivity contribution < 1.29 is 34.2 Å². The Kier molecular flexibility index (Phi) is 7.26. The number of carboxylic acid groups (broad SMARTS) is 2. The van der Waals surface area contributed by atoms with Gasteiger partial charge in [-0.3, -0.25) is 14.5 Å². The molecule has 0 saturated carbocycles. The molecular weight excluding hydrogens is 578 g/mol. The number of anilines is 1. The molecule has 18 nitrogen and oxygen atoms in total. The number of nitrogens with two attached hydrogens (primary N) is 1. The summed E-state index contributed by atoms with van der Waals surface area (Å²) < 4.78 is 5.11. The van der Waals surface area contributed by atoms with Crippen molar-refractivity contribution in [3.63, 3.8) is 0 Å². The number of aromatic nitrogens is 7. The van der Waals surface area contributed by atoms with Gasteiger partial charge in [-0.05, 0) is 28.1 Å². The number of hydrogen-bond donors (Lipinski definition) is 4. The van der Waals surface area contributed by atoms with Gasteiger partial charge in [-0.1, -0.05) is 5.16 Å². The van der Waals surface area contributed by atoms with E-state index < -0.39 is 47.5 Å². The largest absolute Gasteiger partial charge is 0.479 e. The van der Waals surface area contributed by atoms with E-state index in [4.69, 9.17) is 10.8 Å². The third kappa shape index (κ3) is 5.31. The maximum absolute atomic E-state index is 13.0. The normalized spacial score (nSPS) is 19.0. The number of carbonyl (C=O) groups is 4. The van der Waals surface area contributed by atoms with E-state index in [-0.39, 0.29) is 28.2 Å². The topological polar surface area (TPSA) is 253 Å². The summed E-state index contributed by atoms with van der Waals surface area (Å²) in [7, 11) is 0. The Morgan fingerprint density at radius 2 is 2.13 bits per heavy atom. The van der Waals surface area contributed by atoms with Gasteiger partial charge in [0.1, 0.15) is 22.1 Å². The number of thioether (sulfide) groups is 2. The number of hydrogen-bond acceptors (Lipinski definition) is 16. The molecule has 5 rings (SSSR count). The molecule has 0 bridgehead atoms. The molecular formula is C18H15N11O7S3. The average Bonchev–Trinajstić information content (AvgIpc) is 3.55.